The molecular weight excluding hydrogens is 431 g/mol. The van der Waals surface area contributed by atoms with Gasteiger partial charge in [-0.25, -0.2) is 9.37 Å². The van der Waals surface area contributed by atoms with E-state index in [1.807, 2.05) is 13.8 Å². The Hall–Kier alpha value is -3.60. The van der Waals surface area contributed by atoms with Crippen LogP contribution in [-0.2, 0) is 17.9 Å². The van der Waals surface area contributed by atoms with Crippen LogP contribution in [0.2, 0.25) is 0 Å². The Balaban J connectivity index is 1.79. The minimum absolute atomic E-state index is 0.00490. The summed E-state index contributed by atoms with van der Waals surface area (Å²) < 4.78 is 15.8. The van der Waals surface area contributed by atoms with Crippen molar-refractivity contribution in [2.45, 2.75) is 52.3 Å². The second-order valence-corrected chi connectivity index (χ2v) is 9.10. The maximum atomic E-state index is 13.2. The number of rotatable bonds is 6. The number of fused-ring (bicyclic) bond motifs is 2. The van der Waals surface area contributed by atoms with E-state index in [1.165, 1.54) is 26.1 Å². The van der Waals surface area contributed by atoms with Crippen LogP contribution in [-0.4, -0.2) is 53.1 Å². The molecule has 1 aliphatic heterocycles. The number of aliphatic hydroxyl groups is 1. The topological polar surface area (TPSA) is 122 Å². The second-order valence-electron chi connectivity index (χ2n) is 9.10. The molecule has 0 saturated carbocycles. The summed E-state index contributed by atoms with van der Waals surface area (Å²) >= 11 is 0. The van der Waals surface area contributed by atoms with Crippen LogP contribution in [0.15, 0.2) is 29.2 Å². The molecule has 174 valence electrons. The zero-order valence-electron chi connectivity index (χ0n) is 18.8. The first-order chi connectivity index (χ1) is 15.4. The van der Waals surface area contributed by atoms with Gasteiger partial charge in [0.15, 0.2) is 0 Å². The Morgan fingerprint density at radius 3 is 2.64 bits per heavy atom. The van der Waals surface area contributed by atoms with E-state index in [0.717, 1.165) is 6.20 Å². The summed E-state index contributed by atoms with van der Waals surface area (Å²) in [4.78, 5) is 44.4. The number of halogens is 1. The summed E-state index contributed by atoms with van der Waals surface area (Å²) in [7, 11) is 0. The van der Waals surface area contributed by atoms with E-state index in [2.05, 4.69) is 15.4 Å². The number of carbonyl (C=O) groups is 2. The minimum Gasteiger partial charge on any atom is -0.389 e. The molecule has 0 aliphatic carbocycles. The van der Waals surface area contributed by atoms with Gasteiger partial charge in [0.2, 0.25) is 5.91 Å². The van der Waals surface area contributed by atoms with Gasteiger partial charge in [-0.1, -0.05) is 13.8 Å². The molecular formula is C22H25FN6O4. The third kappa shape index (κ3) is 4.36. The van der Waals surface area contributed by atoms with Gasteiger partial charge in [-0.2, -0.15) is 9.61 Å². The van der Waals surface area contributed by atoms with E-state index in [-0.39, 0.29) is 42.6 Å². The molecule has 0 atom stereocenters. The van der Waals surface area contributed by atoms with Gasteiger partial charge in [-0.05, 0) is 31.9 Å². The van der Waals surface area contributed by atoms with E-state index in [9.17, 15) is 23.9 Å². The maximum absolute atomic E-state index is 13.2. The van der Waals surface area contributed by atoms with Crippen molar-refractivity contribution in [1.82, 2.24) is 24.1 Å². The molecule has 0 spiro atoms. The number of hydrogen-bond acceptors (Lipinski definition) is 6. The standard InChI is InChI=1S/C22H25FN6O4/c1-12(2)15-7-18-28(10-17(30)25-16-6-5-13(23)8-24-16)19-14(20(31)29(18)26-15)9-27(21(19)32)11-22(3,4)33/h5-8,12,33H,9-11H2,1-4H3,(H,24,25,30). The predicted octanol–water partition coefficient (Wildman–Crippen LogP) is 1.52. The van der Waals surface area contributed by atoms with Gasteiger partial charge in [0.1, 0.15) is 29.5 Å². The number of hydrogen-bond donors (Lipinski definition) is 2. The van der Waals surface area contributed by atoms with Gasteiger partial charge in [0.25, 0.3) is 11.5 Å². The zero-order chi connectivity index (χ0) is 24.1. The first-order valence-electron chi connectivity index (χ1n) is 10.5. The second kappa shape index (κ2) is 8.07. The molecule has 2 N–H and O–H groups in total. The van der Waals surface area contributed by atoms with Crippen LogP contribution in [0, 0.1) is 5.82 Å². The molecule has 11 heteroatoms. The monoisotopic (exact) mass is 456 g/mol. The highest BCUT2D eigenvalue weighted by Crippen LogP contribution is 2.25. The first kappa shape index (κ1) is 22.6. The molecule has 0 aromatic carbocycles. The van der Waals surface area contributed by atoms with Gasteiger partial charge < -0.3 is 19.9 Å². The molecule has 33 heavy (non-hydrogen) atoms. The van der Waals surface area contributed by atoms with E-state index in [4.69, 9.17) is 0 Å². The average Bonchev–Trinajstić information content (AvgIpc) is 3.29. The molecule has 4 heterocycles. The average molecular weight is 456 g/mol. The fourth-order valence-electron chi connectivity index (χ4n) is 3.85. The fraction of sp³-hybridized carbons (Fsp3) is 0.409. The van der Waals surface area contributed by atoms with Crippen LogP contribution in [0.3, 0.4) is 0 Å². The first-order valence-corrected chi connectivity index (χ1v) is 10.5. The Morgan fingerprint density at radius 2 is 2.03 bits per heavy atom. The van der Waals surface area contributed by atoms with Crippen LogP contribution in [0.4, 0.5) is 10.2 Å². The van der Waals surface area contributed by atoms with Crippen LogP contribution in [0.25, 0.3) is 5.65 Å². The number of carbonyl (C=O) groups excluding carboxylic acids is 2. The summed E-state index contributed by atoms with van der Waals surface area (Å²) in [6, 6.07) is 4.17. The van der Waals surface area contributed by atoms with E-state index in [0.29, 0.717) is 11.3 Å². The van der Waals surface area contributed by atoms with Crippen molar-refractivity contribution < 1.29 is 19.1 Å². The fourth-order valence-corrected chi connectivity index (χ4v) is 3.85. The maximum Gasteiger partial charge on any atom is 0.280 e. The van der Waals surface area contributed by atoms with Crippen LogP contribution in [0.1, 0.15) is 55.4 Å². The summed E-state index contributed by atoms with van der Waals surface area (Å²) in [5.74, 6) is -1.32. The van der Waals surface area contributed by atoms with E-state index >= 15 is 0 Å². The third-order valence-electron chi connectivity index (χ3n) is 5.30. The molecule has 3 aromatic heterocycles. The van der Waals surface area contributed by atoms with Gasteiger partial charge in [-0.15, -0.1) is 0 Å². The van der Waals surface area contributed by atoms with Gasteiger partial charge >= 0.3 is 0 Å². The number of nitrogens with zero attached hydrogens (tertiary/aromatic N) is 5. The molecule has 0 bridgehead atoms. The molecule has 0 radical (unpaired) electrons. The largest absolute Gasteiger partial charge is 0.389 e. The minimum atomic E-state index is -1.16. The molecule has 10 nitrogen and oxygen atoms in total. The Bertz CT molecular complexity index is 1300. The quantitative estimate of drug-likeness (QED) is 0.580. The highest BCUT2D eigenvalue weighted by Gasteiger charge is 2.37. The van der Waals surface area contributed by atoms with Crippen LogP contribution < -0.4 is 10.9 Å². The Morgan fingerprint density at radius 1 is 1.30 bits per heavy atom. The van der Waals surface area contributed by atoms with E-state index in [1.54, 1.807) is 19.9 Å². The van der Waals surface area contributed by atoms with E-state index < -0.39 is 28.8 Å². The number of aromatic nitrogens is 4. The molecule has 1 aliphatic rings. The smallest absolute Gasteiger partial charge is 0.280 e. The predicted molar refractivity (Wildman–Crippen MR) is 117 cm³/mol. The molecule has 0 saturated heterocycles. The molecule has 2 amide bonds. The lowest BCUT2D eigenvalue weighted by atomic mass is 10.1. The summed E-state index contributed by atoms with van der Waals surface area (Å²) in [6.45, 7) is 6.72. The Labute approximate surface area is 188 Å². The highest BCUT2D eigenvalue weighted by molar-refractivity contribution is 5.98. The molecule has 0 fully saturated rings. The molecule has 4 rings (SSSR count). The third-order valence-corrected chi connectivity index (χ3v) is 5.30. The molecule has 0 unspecified atom stereocenters. The molecule has 3 aromatic rings. The summed E-state index contributed by atoms with van der Waals surface area (Å²) in [5.41, 5.74) is -0.344. The van der Waals surface area contributed by atoms with Gasteiger partial charge in [0.05, 0.1) is 29.6 Å². The number of β-amino-alcohol motifs (C(OH)–C–C–N with tert-alkyl or cyclic N) is 1. The van der Waals surface area contributed by atoms with Crippen molar-refractivity contribution in [1.29, 1.82) is 0 Å². The van der Waals surface area contributed by atoms with Crippen molar-refractivity contribution in [3.63, 3.8) is 0 Å². The van der Waals surface area contributed by atoms with Gasteiger partial charge in [0, 0.05) is 12.6 Å². The van der Waals surface area contributed by atoms with Crippen LogP contribution in [0.5, 0.6) is 0 Å². The normalized spacial score (nSPS) is 13.8. The number of nitrogens with one attached hydrogen (secondary N) is 1. The summed E-state index contributed by atoms with van der Waals surface area (Å²) in [5, 5.41) is 17.2. The highest BCUT2D eigenvalue weighted by atomic mass is 19.1. The summed E-state index contributed by atoms with van der Waals surface area (Å²) in [6.07, 6.45) is 0.981. The van der Waals surface area contributed by atoms with Gasteiger partial charge in [-0.3, -0.25) is 14.4 Å². The Kier molecular flexibility index (Phi) is 5.52. The van der Waals surface area contributed by atoms with Crippen molar-refractivity contribution in [2.24, 2.45) is 0 Å². The number of amides is 2. The lowest BCUT2D eigenvalue weighted by molar-refractivity contribution is -0.116. The van der Waals surface area contributed by atoms with Crippen molar-refractivity contribution >= 4 is 23.3 Å². The lowest BCUT2D eigenvalue weighted by Gasteiger charge is -2.24. The van der Waals surface area contributed by atoms with Crippen molar-refractivity contribution in [2.75, 3.05) is 11.9 Å². The van der Waals surface area contributed by atoms with Crippen molar-refractivity contribution in [3.8, 4) is 0 Å². The number of anilines is 1. The number of pyridine rings is 1. The van der Waals surface area contributed by atoms with Crippen molar-refractivity contribution in [3.05, 3.63) is 57.5 Å². The SMILES string of the molecule is CC(C)c1cc2n(CC(=O)Nc3ccc(F)cn3)c3c(c(=O)n2n1)CN(CC(C)(C)O)C3=O. The zero-order valence-corrected chi connectivity index (χ0v) is 18.8. The van der Waals surface area contributed by atoms with Crippen LogP contribution >= 0.6 is 0 Å². The lowest BCUT2D eigenvalue weighted by Crippen LogP contribution is -2.39.